The van der Waals surface area contributed by atoms with E-state index in [4.69, 9.17) is 4.98 Å². The molecule has 0 bridgehead atoms. The average Bonchev–Trinajstić information content (AvgIpc) is 3.61. The Kier molecular flexibility index (Phi) is 6.77. The standard InChI is InChI=1S/C47H31N2OP/c50-51(37-12-3-1-4-13-37,38-14-5-2-6-15-38)39-27-23-33(24-28-39)32-19-21-34(22-20-32)36-26-30-44-42(31-36)41-29-25-35-11-7-8-16-40(35)46(41)47-48-43-17-9-10-18-45(43)49(44)47/h1-31H. The molecular formula is C47H31N2OP. The van der Waals surface area contributed by atoms with E-state index in [-0.39, 0.29) is 0 Å². The van der Waals surface area contributed by atoms with Crippen molar-refractivity contribution in [2.24, 2.45) is 0 Å². The summed E-state index contributed by atoms with van der Waals surface area (Å²) in [6, 6.07) is 64.9. The Balaban J connectivity index is 1.06. The predicted molar refractivity (Wildman–Crippen MR) is 215 cm³/mol. The van der Waals surface area contributed by atoms with Crippen LogP contribution in [-0.2, 0) is 4.57 Å². The fourth-order valence-electron chi connectivity index (χ4n) is 7.74. The van der Waals surface area contributed by atoms with E-state index >= 15 is 0 Å². The van der Waals surface area contributed by atoms with Crippen LogP contribution in [0.3, 0.4) is 0 Å². The molecule has 240 valence electrons. The topological polar surface area (TPSA) is 34.4 Å². The highest BCUT2D eigenvalue weighted by atomic mass is 31.2. The molecule has 0 saturated heterocycles. The van der Waals surface area contributed by atoms with Gasteiger partial charge < -0.3 is 4.57 Å². The number of imidazole rings is 1. The largest absolute Gasteiger partial charge is 0.309 e. The van der Waals surface area contributed by atoms with Crippen LogP contribution >= 0.6 is 7.14 Å². The van der Waals surface area contributed by atoms with Crippen molar-refractivity contribution in [1.29, 1.82) is 0 Å². The second-order valence-electron chi connectivity index (χ2n) is 13.1. The number of rotatable bonds is 5. The van der Waals surface area contributed by atoms with Gasteiger partial charge in [-0.15, -0.1) is 0 Å². The minimum absolute atomic E-state index is 0.830. The smallest absolute Gasteiger partial charge is 0.171 e. The molecule has 4 heteroatoms. The quantitative estimate of drug-likeness (QED) is 0.135. The molecule has 0 N–H and O–H groups in total. The van der Waals surface area contributed by atoms with E-state index in [1.165, 1.54) is 26.9 Å². The van der Waals surface area contributed by atoms with Crippen molar-refractivity contribution in [3.8, 4) is 22.3 Å². The maximum absolute atomic E-state index is 14.8. The van der Waals surface area contributed by atoms with Gasteiger partial charge in [-0.05, 0) is 62.7 Å². The van der Waals surface area contributed by atoms with Crippen LogP contribution in [0.5, 0.6) is 0 Å². The molecule has 0 atom stereocenters. The molecule has 2 aromatic heterocycles. The summed E-state index contributed by atoms with van der Waals surface area (Å²) < 4.78 is 17.1. The molecule has 0 amide bonds. The van der Waals surface area contributed by atoms with Crippen LogP contribution in [0.1, 0.15) is 0 Å². The Morgan fingerprint density at radius 2 is 0.961 bits per heavy atom. The Bertz CT molecular complexity index is 2920. The summed E-state index contributed by atoms with van der Waals surface area (Å²) in [4.78, 5) is 5.16. The van der Waals surface area contributed by atoms with E-state index < -0.39 is 7.14 Å². The van der Waals surface area contributed by atoms with Gasteiger partial charge in [0.2, 0.25) is 0 Å². The third-order valence-corrected chi connectivity index (χ3v) is 13.3. The van der Waals surface area contributed by atoms with Crippen molar-refractivity contribution in [2.45, 2.75) is 0 Å². The number of para-hydroxylation sites is 2. The lowest BCUT2D eigenvalue weighted by Gasteiger charge is -2.20. The van der Waals surface area contributed by atoms with Crippen LogP contribution in [0, 0.1) is 0 Å². The number of aromatic nitrogens is 2. The van der Waals surface area contributed by atoms with Crippen molar-refractivity contribution in [1.82, 2.24) is 9.38 Å². The lowest BCUT2D eigenvalue weighted by molar-refractivity contribution is 0.592. The Morgan fingerprint density at radius 1 is 0.412 bits per heavy atom. The summed E-state index contributed by atoms with van der Waals surface area (Å²) in [5.41, 5.74) is 8.75. The minimum Gasteiger partial charge on any atom is -0.309 e. The molecule has 0 radical (unpaired) electrons. The average molecular weight is 671 g/mol. The first-order valence-electron chi connectivity index (χ1n) is 17.2. The lowest BCUT2D eigenvalue weighted by Crippen LogP contribution is -2.24. The summed E-state index contributed by atoms with van der Waals surface area (Å²) in [6.45, 7) is 0. The zero-order valence-electron chi connectivity index (χ0n) is 27.6. The van der Waals surface area contributed by atoms with E-state index in [1.54, 1.807) is 0 Å². The van der Waals surface area contributed by atoms with Crippen molar-refractivity contribution in [2.75, 3.05) is 0 Å². The van der Waals surface area contributed by atoms with E-state index in [1.807, 2.05) is 72.8 Å². The van der Waals surface area contributed by atoms with Crippen molar-refractivity contribution >= 4 is 72.2 Å². The SMILES string of the molecule is O=P(c1ccccc1)(c1ccccc1)c1ccc(-c2ccc(-c3ccc4c(c3)c3ccc5ccccc5c3c3nc5ccccc5n43)cc2)cc1. The third-order valence-electron chi connectivity index (χ3n) is 10.3. The summed E-state index contributed by atoms with van der Waals surface area (Å²) in [7, 11) is -3.02. The molecule has 8 aromatic carbocycles. The second-order valence-corrected chi connectivity index (χ2v) is 15.9. The van der Waals surface area contributed by atoms with Crippen molar-refractivity contribution in [3.63, 3.8) is 0 Å². The van der Waals surface area contributed by atoms with Crippen molar-refractivity contribution in [3.05, 3.63) is 188 Å². The number of hydrogen-bond donors (Lipinski definition) is 0. The van der Waals surface area contributed by atoms with Gasteiger partial charge >= 0.3 is 0 Å². The first-order valence-corrected chi connectivity index (χ1v) is 18.9. The highest BCUT2D eigenvalue weighted by Crippen LogP contribution is 2.43. The Hall–Kier alpha value is -6.28. The van der Waals surface area contributed by atoms with Crippen LogP contribution in [0.2, 0.25) is 0 Å². The summed E-state index contributed by atoms with van der Waals surface area (Å²) in [6.07, 6.45) is 0. The summed E-state index contributed by atoms with van der Waals surface area (Å²) in [5.74, 6) is 0. The molecule has 3 nitrogen and oxygen atoms in total. The molecule has 0 fully saturated rings. The molecule has 0 aliphatic carbocycles. The van der Waals surface area contributed by atoms with Crippen LogP contribution < -0.4 is 15.9 Å². The number of pyridine rings is 1. The highest BCUT2D eigenvalue weighted by Gasteiger charge is 2.29. The molecule has 0 aliphatic rings. The minimum atomic E-state index is -3.02. The number of benzene rings is 8. The van der Waals surface area contributed by atoms with Gasteiger partial charge in [-0.25, -0.2) is 4.98 Å². The first-order chi connectivity index (χ1) is 25.2. The van der Waals surface area contributed by atoms with Gasteiger partial charge in [-0.2, -0.15) is 0 Å². The van der Waals surface area contributed by atoms with Gasteiger partial charge in [0.15, 0.2) is 7.14 Å². The number of fused-ring (bicyclic) bond motifs is 10. The van der Waals surface area contributed by atoms with E-state index in [0.717, 1.165) is 60.4 Å². The molecule has 0 aliphatic heterocycles. The van der Waals surface area contributed by atoms with Crippen LogP contribution in [0.4, 0.5) is 0 Å². The van der Waals surface area contributed by atoms with Crippen molar-refractivity contribution < 1.29 is 4.57 Å². The maximum atomic E-state index is 14.8. The van der Waals surface area contributed by atoms with Crippen LogP contribution in [0.15, 0.2) is 188 Å². The van der Waals surface area contributed by atoms with Gasteiger partial charge in [0, 0.05) is 26.7 Å². The number of nitrogens with zero attached hydrogens (tertiary/aromatic N) is 2. The zero-order valence-corrected chi connectivity index (χ0v) is 28.5. The predicted octanol–water partition coefficient (Wildman–Crippen LogP) is 10.9. The third kappa shape index (κ3) is 4.66. The number of hydrogen-bond acceptors (Lipinski definition) is 2. The summed E-state index contributed by atoms with van der Waals surface area (Å²) >= 11 is 0. The van der Waals surface area contributed by atoms with Gasteiger partial charge in [0.1, 0.15) is 5.65 Å². The fourth-order valence-corrected chi connectivity index (χ4v) is 10.4. The Labute approximate surface area is 295 Å². The van der Waals surface area contributed by atoms with Gasteiger partial charge in [0.05, 0.1) is 16.6 Å². The maximum Gasteiger partial charge on any atom is 0.171 e. The molecule has 0 unspecified atom stereocenters. The monoisotopic (exact) mass is 670 g/mol. The van der Waals surface area contributed by atoms with Gasteiger partial charge in [-0.3, -0.25) is 4.40 Å². The van der Waals surface area contributed by atoms with E-state index in [2.05, 4.69) is 120 Å². The van der Waals surface area contributed by atoms with E-state index in [9.17, 15) is 4.57 Å². The molecule has 51 heavy (non-hydrogen) atoms. The molecule has 2 heterocycles. The first kappa shape index (κ1) is 29.6. The van der Waals surface area contributed by atoms with E-state index in [0.29, 0.717) is 0 Å². The molecule has 10 rings (SSSR count). The highest BCUT2D eigenvalue weighted by molar-refractivity contribution is 7.85. The van der Waals surface area contributed by atoms with Crippen LogP contribution in [-0.4, -0.2) is 9.38 Å². The molecule has 10 aromatic rings. The molecular weight excluding hydrogens is 640 g/mol. The fraction of sp³-hybridized carbons (Fsp3) is 0. The molecule has 0 spiro atoms. The van der Waals surface area contributed by atoms with Gasteiger partial charge in [0.25, 0.3) is 0 Å². The normalized spacial score (nSPS) is 12.0. The lowest BCUT2D eigenvalue weighted by atomic mass is 9.96. The second kappa shape index (κ2) is 11.7. The van der Waals surface area contributed by atoms with Gasteiger partial charge in [-0.1, -0.05) is 164 Å². The Morgan fingerprint density at radius 3 is 1.67 bits per heavy atom. The zero-order chi connectivity index (χ0) is 33.9. The molecule has 0 saturated carbocycles. The van der Waals surface area contributed by atoms with Crippen LogP contribution in [0.25, 0.3) is 71.4 Å². The summed E-state index contributed by atoms with van der Waals surface area (Å²) in [5, 5.41) is 8.51.